The van der Waals surface area contributed by atoms with Gasteiger partial charge in [0.2, 0.25) is 0 Å². The molecule has 1 aliphatic carbocycles. The first-order valence-electron chi connectivity index (χ1n) is 11.5. The molecule has 2 N–H and O–H groups in total. The van der Waals surface area contributed by atoms with Gasteiger partial charge in [-0.3, -0.25) is 9.59 Å². The van der Waals surface area contributed by atoms with Gasteiger partial charge in [0.05, 0.1) is 17.4 Å². The summed E-state index contributed by atoms with van der Waals surface area (Å²) in [5.41, 5.74) is 5.64. The molecule has 0 bridgehead atoms. The maximum Gasteiger partial charge on any atom is 0.193 e. The van der Waals surface area contributed by atoms with E-state index in [0.717, 1.165) is 34.6 Å². The molecule has 2 aliphatic rings. The van der Waals surface area contributed by atoms with Crippen molar-refractivity contribution in [3.8, 4) is 0 Å². The van der Waals surface area contributed by atoms with E-state index in [1.165, 1.54) is 4.90 Å². The number of carbonyl (C=O) groups excluding carboxylic acids is 2. The highest BCUT2D eigenvalue weighted by Gasteiger charge is 2.38. The molecule has 4 nitrogen and oxygen atoms in total. The molecule has 1 aliphatic heterocycles. The van der Waals surface area contributed by atoms with Crippen molar-refractivity contribution in [2.75, 3.05) is 16.9 Å². The zero-order chi connectivity index (χ0) is 23.9. The van der Waals surface area contributed by atoms with Crippen LogP contribution in [0.3, 0.4) is 0 Å². The number of hydrogen-bond acceptors (Lipinski definition) is 5. The van der Waals surface area contributed by atoms with Gasteiger partial charge in [0.15, 0.2) is 11.6 Å². The second-order valence-electron chi connectivity index (χ2n) is 9.76. The molecule has 0 unspecified atom stereocenters. The zero-order valence-corrected chi connectivity index (χ0v) is 20.5. The lowest BCUT2D eigenvalue weighted by Crippen LogP contribution is -2.31. The number of allylic oxidation sites excluding steroid dienone is 1. The number of Topliss-reactive ketones (excluding diaryl/α,β-unsaturated/α-hetero) is 1. The summed E-state index contributed by atoms with van der Waals surface area (Å²) < 4.78 is 0. The van der Waals surface area contributed by atoms with E-state index in [1.54, 1.807) is 11.8 Å². The molecule has 0 saturated carbocycles. The standard InChI is InChI=1S/C29H28N2O2S/c1-29(2)16-24-26(25(32)17-29)27(18-9-12-21(34-3)13-10-18)31-22-14-11-20(15-23(22)30-24)28(33)19-7-5-4-6-8-19/h4-15,27,30-31H,16-17H2,1-3H3/t27-/m1/s1. The summed E-state index contributed by atoms with van der Waals surface area (Å²) in [7, 11) is 0. The summed E-state index contributed by atoms with van der Waals surface area (Å²) in [6, 6.07) is 23.1. The molecule has 0 radical (unpaired) electrons. The van der Waals surface area contributed by atoms with E-state index in [2.05, 4.69) is 55.0 Å². The summed E-state index contributed by atoms with van der Waals surface area (Å²) in [6.07, 6.45) is 3.34. The predicted octanol–water partition coefficient (Wildman–Crippen LogP) is 6.86. The molecule has 3 aromatic rings. The Kier molecular flexibility index (Phi) is 5.82. The Bertz CT molecular complexity index is 1290. The first-order chi connectivity index (χ1) is 16.3. The van der Waals surface area contributed by atoms with E-state index in [0.29, 0.717) is 17.5 Å². The van der Waals surface area contributed by atoms with E-state index < -0.39 is 0 Å². The quantitative estimate of drug-likeness (QED) is 0.323. The first kappa shape index (κ1) is 22.5. The van der Waals surface area contributed by atoms with E-state index >= 15 is 0 Å². The molecule has 172 valence electrons. The molecule has 0 aromatic heterocycles. The number of hydrogen-bond donors (Lipinski definition) is 2. The predicted molar refractivity (Wildman–Crippen MR) is 140 cm³/mol. The van der Waals surface area contributed by atoms with Crippen molar-refractivity contribution in [1.82, 2.24) is 0 Å². The molecular weight excluding hydrogens is 440 g/mol. The van der Waals surface area contributed by atoms with Gasteiger partial charge in [-0.25, -0.2) is 0 Å². The van der Waals surface area contributed by atoms with Crippen LogP contribution in [0.4, 0.5) is 11.4 Å². The lowest BCUT2D eigenvalue weighted by atomic mass is 9.73. The zero-order valence-electron chi connectivity index (χ0n) is 19.6. The van der Waals surface area contributed by atoms with E-state index in [1.807, 2.05) is 48.5 Å². The number of nitrogens with one attached hydrogen (secondary N) is 2. The minimum Gasteiger partial charge on any atom is -0.372 e. The molecule has 5 rings (SSSR count). The molecule has 0 amide bonds. The van der Waals surface area contributed by atoms with Gasteiger partial charge in [-0.15, -0.1) is 11.8 Å². The van der Waals surface area contributed by atoms with Crippen molar-refractivity contribution in [2.24, 2.45) is 5.41 Å². The van der Waals surface area contributed by atoms with Gasteiger partial charge < -0.3 is 10.6 Å². The van der Waals surface area contributed by atoms with E-state index in [4.69, 9.17) is 0 Å². The third-order valence-corrected chi connectivity index (χ3v) is 7.30. The highest BCUT2D eigenvalue weighted by molar-refractivity contribution is 7.98. The average Bonchev–Trinajstić information content (AvgIpc) is 2.99. The van der Waals surface area contributed by atoms with Crippen LogP contribution < -0.4 is 10.6 Å². The van der Waals surface area contributed by atoms with Gasteiger partial charge in [0.25, 0.3) is 0 Å². The largest absolute Gasteiger partial charge is 0.372 e. The summed E-state index contributed by atoms with van der Waals surface area (Å²) in [5.74, 6) is 0.145. The Morgan fingerprint density at radius 2 is 1.65 bits per heavy atom. The molecule has 3 aromatic carbocycles. The number of anilines is 2. The summed E-state index contributed by atoms with van der Waals surface area (Å²) in [6.45, 7) is 4.26. The minimum absolute atomic E-state index is 0.0205. The Morgan fingerprint density at radius 3 is 2.35 bits per heavy atom. The lowest BCUT2D eigenvalue weighted by molar-refractivity contribution is -0.118. The molecule has 34 heavy (non-hydrogen) atoms. The maximum atomic E-state index is 13.4. The van der Waals surface area contributed by atoms with Gasteiger partial charge in [0, 0.05) is 33.7 Å². The number of ketones is 2. The van der Waals surface area contributed by atoms with Crippen molar-refractivity contribution in [3.63, 3.8) is 0 Å². The Labute approximate surface area is 204 Å². The van der Waals surface area contributed by atoms with Gasteiger partial charge in [-0.1, -0.05) is 56.3 Å². The van der Waals surface area contributed by atoms with Crippen LogP contribution >= 0.6 is 11.8 Å². The Morgan fingerprint density at radius 1 is 0.912 bits per heavy atom. The Balaban J connectivity index is 1.59. The van der Waals surface area contributed by atoms with Gasteiger partial charge >= 0.3 is 0 Å². The van der Waals surface area contributed by atoms with Crippen molar-refractivity contribution < 1.29 is 9.59 Å². The van der Waals surface area contributed by atoms with Crippen LogP contribution in [-0.4, -0.2) is 17.8 Å². The van der Waals surface area contributed by atoms with Crippen LogP contribution in [0, 0.1) is 5.41 Å². The van der Waals surface area contributed by atoms with Crippen LogP contribution in [0.5, 0.6) is 0 Å². The fourth-order valence-corrected chi connectivity index (χ4v) is 5.30. The van der Waals surface area contributed by atoms with Gasteiger partial charge in [-0.2, -0.15) is 0 Å². The van der Waals surface area contributed by atoms with Crippen LogP contribution in [0.15, 0.2) is 89.0 Å². The summed E-state index contributed by atoms with van der Waals surface area (Å²) >= 11 is 1.70. The number of fused-ring (bicyclic) bond motifs is 1. The van der Waals surface area contributed by atoms with Crippen LogP contribution in [0.25, 0.3) is 0 Å². The van der Waals surface area contributed by atoms with Crippen LogP contribution in [0.1, 0.15) is 54.2 Å². The molecule has 1 atom stereocenters. The summed E-state index contributed by atoms with van der Waals surface area (Å²) in [5, 5.41) is 7.17. The lowest BCUT2D eigenvalue weighted by Gasteiger charge is -2.34. The van der Waals surface area contributed by atoms with Crippen molar-refractivity contribution in [2.45, 2.75) is 37.6 Å². The summed E-state index contributed by atoms with van der Waals surface area (Å²) in [4.78, 5) is 27.7. The first-order valence-corrected chi connectivity index (χ1v) is 12.7. The minimum atomic E-state index is -0.251. The fourth-order valence-electron chi connectivity index (χ4n) is 4.89. The van der Waals surface area contributed by atoms with Crippen molar-refractivity contribution >= 4 is 34.7 Å². The second kappa shape index (κ2) is 8.80. The van der Waals surface area contributed by atoms with Crippen LogP contribution in [-0.2, 0) is 4.79 Å². The average molecular weight is 469 g/mol. The number of carbonyl (C=O) groups is 2. The van der Waals surface area contributed by atoms with Gasteiger partial charge in [0.1, 0.15) is 0 Å². The van der Waals surface area contributed by atoms with Crippen molar-refractivity contribution in [1.29, 1.82) is 0 Å². The third-order valence-electron chi connectivity index (χ3n) is 6.56. The third kappa shape index (κ3) is 4.28. The molecule has 0 spiro atoms. The highest BCUT2D eigenvalue weighted by atomic mass is 32.2. The monoisotopic (exact) mass is 468 g/mol. The Hall–Kier alpha value is -3.31. The van der Waals surface area contributed by atoms with Gasteiger partial charge in [-0.05, 0) is 54.0 Å². The maximum absolute atomic E-state index is 13.4. The topological polar surface area (TPSA) is 58.2 Å². The molecule has 0 saturated heterocycles. The number of rotatable bonds is 4. The molecule has 1 heterocycles. The molecule has 0 fully saturated rings. The van der Waals surface area contributed by atoms with Crippen LogP contribution in [0.2, 0.25) is 0 Å². The van der Waals surface area contributed by atoms with Crippen molar-refractivity contribution in [3.05, 3.63) is 101 Å². The fraction of sp³-hybridized carbons (Fsp3) is 0.241. The number of thioether (sulfide) groups is 1. The number of benzene rings is 3. The SMILES string of the molecule is CSc1ccc([C@H]2Nc3ccc(C(=O)c4ccccc4)cc3NC3=C2C(=O)CC(C)(C)C3)cc1. The second-order valence-corrected chi connectivity index (χ2v) is 10.6. The smallest absolute Gasteiger partial charge is 0.193 e. The van der Waals surface area contributed by atoms with E-state index in [9.17, 15) is 9.59 Å². The van der Waals surface area contributed by atoms with E-state index in [-0.39, 0.29) is 23.0 Å². The molecular formula is C29H28N2O2S. The normalized spacial score (nSPS) is 18.8. The highest BCUT2D eigenvalue weighted by Crippen LogP contribution is 2.45. The molecule has 5 heteroatoms.